The fraction of sp³-hybridized carbons (Fsp3) is 0.533. The van der Waals surface area contributed by atoms with Gasteiger partial charge in [0, 0.05) is 13.2 Å². The standard InChI is InChI=1S/C15H18Cl2N2O/c1-9(16)15-18-14-12(17)4-3-5-13(14)19(15)10-6-7-11(8-10)20-2/h3-5,9-11H,6-8H2,1-2H3. The Bertz CT molecular complexity index is 624. The summed E-state index contributed by atoms with van der Waals surface area (Å²) in [6.07, 6.45) is 3.51. The minimum atomic E-state index is -0.139. The number of nitrogens with zero attached hydrogens (tertiary/aromatic N) is 2. The molecule has 0 spiro atoms. The summed E-state index contributed by atoms with van der Waals surface area (Å²) in [6.45, 7) is 1.95. The first-order chi connectivity index (χ1) is 9.61. The predicted molar refractivity (Wildman–Crippen MR) is 82.7 cm³/mol. The zero-order valence-corrected chi connectivity index (χ0v) is 13.2. The fourth-order valence-electron chi connectivity index (χ4n) is 3.13. The van der Waals surface area contributed by atoms with Crippen molar-refractivity contribution in [3.63, 3.8) is 0 Å². The number of ether oxygens (including phenoxy) is 1. The highest BCUT2D eigenvalue weighted by Gasteiger charge is 2.30. The largest absolute Gasteiger partial charge is 0.381 e. The van der Waals surface area contributed by atoms with Crippen LogP contribution in [0.3, 0.4) is 0 Å². The fourth-order valence-corrected chi connectivity index (χ4v) is 3.50. The average molecular weight is 313 g/mol. The molecule has 5 heteroatoms. The number of rotatable bonds is 3. The van der Waals surface area contributed by atoms with E-state index < -0.39 is 0 Å². The number of para-hydroxylation sites is 1. The summed E-state index contributed by atoms with van der Waals surface area (Å²) in [4.78, 5) is 4.67. The molecule has 1 saturated carbocycles. The summed E-state index contributed by atoms with van der Waals surface area (Å²) in [5.74, 6) is 0.900. The maximum absolute atomic E-state index is 6.32. The van der Waals surface area contributed by atoms with Crippen LogP contribution in [0.4, 0.5) is 0 Å². The van der Waals surface area contributed by atoms with Crippen LogP contribution in [0.1, 0.15) is 43.4 Å². The van der Waals surface area contributed by atoms with Crippen molar-refractivity contribution in [1.82, 2.24) is 9.55 Å². The van der Waals surface area contributed by atoms with Gasteiger partial charge < -0.3 is 9.30 Å². The molecule has 108 valence electrons. The van der Waals surface area contributed by atoms with Crippen LogP contribution in [0.25, 0.3) is 11.0 Å². The van der Waals surface area contributed by atoms with Crippen molar-refractivity contribution in [3.8, 4) is 0 Å². The van der Waals surface area contributed by atoms with Crippen LogP contribution < -0.4 is 0 Å². The monoisotopic (exact) mass is 312 g/mol. The first-order valence-corrected chi connectivity index (χ1v) is 7.76. The lowest BCUT2D eigenvalue weighted by atomic mass is 10.2. The van der Waals surface area contributed by atoms with Crippen LogP contribution in [0.15, 0.2) is 18.2 Å². The predicted octanol–water partition coefficient (Wildman–Crippen LogP) is 4.73. The third-order valence-electron chi connectivity index (χ3n) is 4.11. The smallest absolute Gasteiger partial charge is 0.128 e. The average Bonchev–Trinajstić information content (AvgIpc) is 3.02. The number of fused-ring (bicyclic) bond motifs is 1. The molecule has 1 heterocycles. The Labute approximate surface area is 128 Å². The molecule has 0 saturated heterocycles. The number of alkyl halides is 1. The van der Waals surface area contributed by atoms with Gasteiger partial charge in [-0.3, -0.25) is 0 Å². The number of halogens is 2. The molecule has 1 aromatic heterocycles. The molecule has 1 aromatic carbocycles. The van der Waals surface area contributed by atoms with Crippen molar-refractivity contribution in [2.45, 2.75) is 43.7 Å². The molecule has 0 amide bonds. The normalized spacial score (nSPS) is 24.4. The molecule has 0 N–H and O–H groups in total. The molecule has 0 radical (unpaired) electrons. The van der Waals surface area contributed by atoms with E-state index in [0.29, 0.717) is 17.2 Å². The van der Waals surface area contributed by atoms with Crippen molar-refractivity contribution in [3.05, 3.63) is 29.0 Å². The number of methoxy groups -OCH3 is 1. The molecule has 3 rings (SSSR count). The first kappa shape index (κ1) is 14.2. The van der Waals surface area contributed by atoms with Crippen LogP contribution in [0.5, 0.6) is 0 Å². The Morgan fingerprint density at radius 3 is 2.85 bits per heavy atom. The summed E-state index contributed by atoms with van der Waals surface area (Å²) in [7, 11) is 1.78. The second-order valence-electron chi connectivity index (χ2n) is 5.39. The Morgan fingerprint density at radius 2 is 2.20 bits per heavy atom. The van der Waals surface area contributed by atoms with Gasteiger partial charge in [0.05, 0.1) is 22.0 Å². The molecule has 1 fully saturated rings. The second-order valence-corrected chi connectivity index (χ2v) is 6.45. The molecule has 3 nitrogen and oxygen atoms in total. The first-order valence-electron chi connectivity index (χ1n) is 6.95. The Hall–Kier alpha value is -0.770. The lowest BCUT2D eigenvalue weighted by molar-refractivity contribution is 0.106. The van der Waals surface area contributed by atoms with Crippen molar-refractivity contribution in [1.29, 1.82) is 0 Å². The summed E-state index contributed by atoms with van der Waals surface area (Å²) >= 11 is 12.6. The number of hydrogen-bond donors (Lipinski definition) is 0. The van der Waals surface area contributed by atoms with Gasteiger partial charge in [0.15, 0.2) is 0 Å². The lowest BCUT2D eigenvalue weighted by Crippen LogP contribution is -2.12. The second kappa shape index (κ2) is 5.55. The number of aromatic nitrogens is 2. The Morgan fingerprint density at radius 1 is 1.40 bits per heavy atom. The Balaban J connectivity index is 2.13. The van der Waals surface area contributed by atoms with Gasteiger partial charge in [0.2, 0.25) is 0 Å². The van der Waals surface area contributed by atoms with E-state index in [0.717, 1.165) is 36.1 Å². The van der Waals surface area contributed by atoms with Gasteiger partial charge in [-0.1, -0.05) is 17.7 Å². The zero-order valence-electron chi connectivity index (χ0n) is 11.6. The minimum absolute atomic E-state index is 0.139. The van der Waals surface area contributed by atoms with Gasteiger partial charge >= 0.3 is 0 Å². The topological polar surface area (TPSA) is 27.1 Å². The molecule has 20 heavy (non-hydrogen) atoms. The van der Waals surface area contributed by atoms with Crippen molar-refractivity contribution >= 4 is 34.2 Å². The van der Waals surface area contributed by atoms with Crippen molar-refractivity contribution < 1.29 is 4.74 Å². The molecule has 0 bridgehead atoms. The molecule has 3 unspecified atom stereocenters. The molecule has 1 aliphatic rings. The van der Waals surface area contributed by atoms with E-state index in [4.69, 9.17) is 27.9 Å². The molecule has 0 aliphatic heterocycles. The van der Waals surface area contributed by atoms with Crippen LogP contribution >= 0.6 is 23.2 Å². The summed E-state index contributed by atoms with van der Waals surface area (Å²) in [5.41, 5.74) is 1.92. The SMILES string of the molecule is COC1CCC(n2c(C(C)Cl)nc3c(Cl)cccc32)C1. The Kier molecular flexibility index (Phi) is 3.93. The number of imidazole rings is 1. The number of hydrogen-bond acceptors (Lipinski definition) is 2. The molecule has 1 aliphatic carbocycles. The van der Waals surface area contributed by atoms with E-state index in [1.54, 1.807) is 7.11 Å². The van der Waals surface area contributed by atoms with E-state index >= 15 is 0 Å². The highest BCUT2D eigenvalue weighted by atomic mass is 35.5. The maximum Gasteiger partial charge on any atom is 0.128 e. The highest BCUT2D eigenvalue weighted by molar-refractivity contribution is 6.35. The summed E-state index contributed by atoms with van der Waals surface area (Å²) < 4.78 is 7.74. The van der Waals surface area contributed by atoms with Gasteiger partial charge in [0.25, 0.3) is 0 Å². The summed E-state index contributed by atoms with van der Waals surface area (Å²) in [5, 5.41) is 0.543. The third kappa shape index (κ3) is 2.32. The van der Waals surface area contributed by atoms with E-state index in [2.05, 4.69) is 15.6 Å². The quantitative estimate of drug-likeness (QED) is 0.766. The van der Waals surface area contributed by atoms with Gasteiger partial charge in [-0.15, -0.1) is 11.6 Å². The van der Waals surface area contributed by atoms with Gasteiger partial charge in [-0.25, -0.2) is 4.98 Å². The maximum atomic E-state index is 6.32. The van der Waals surface area contributed by atoms with Crippen LogP contribution in [-0.4, -0.2) is 22.8 Å². The molecular formula is C15H18Cl2N2O. The highest BCUT2D eigenvalue weighted by Crippen LogP contribution is 2.38. The lowest BCUT2D eigenvalue weighted by Gasteiger charge is -2.18. The van der Waals surface area contributed by atoms with E-state index in [1.807, 2.05) is 19.1 Å². The van der Waals surface area contributed by atoms with E-state index in [9.17, 15) is 0 Å². The van der Waals surface area contributed by atoms with Gasteiger partial charge in [0.1, 0.15) is 11.3 Å². The van der Waals surface area contributed by atoms with Crippen LogP contribution in [-0.2, 0) is 4.74 Å². The molecular weight excluding hydrogens is 295 g/mol. The van der Waals surface area contributed by atoms with Gasteiger partial charge in [-0.2, -0.15) is 0 Å². The third-order valence-corrected chi connectivity index (χ3v) is 4.61. The molecule has 3 atom stereocenters. The van der Waals surface area contributed by atoms with Crippen molar-refractivity contribution in [2.75, 3.05) is 7.11 Å². The zero-order chi connectivity index (χ0) is 14.3. The minimum Gasteiger partial charge on any atom is -0.381 e. The summed E-state index contributed by atoms with van der Waals surface area (Å²) in [6, 6.07) is 6.29. The van der Waals surface area contributed by atoms with Crippen LogP contribution in [0, 0.1) is 0 Å². The van der Waals surface area contributed by atoms with Crippen molar-refractivity contribution in [2.24, 2.45) is 0 Å². The number of benzene rings is 1. The van der Waals surface area contributed by atoms with Crippen LogP contribution in [0.2, 0.25) is 5.02 Å². The van der Waals surface area contributed by atoms with Gasteiger partial charge in [-0.05, 0) is 38.3 Å². The van der Waals surface area contributed by atoms with E-state index in [-0.39, 0.29) is 5.38 Å². The van der Waals surface area contributed by atoms with E-state index in [1.165, 1.54) is 0 Å². The molecule has 2 aromatic rings.